The summed E-state index contributed by atoms with van der Waals surface area (Å²) in [6, 6.07) is 11.3. The molecule has 4 radical (unpaired) electrons. The third kappa shape index (κ3) is 7.32. The Balaban J connectivity index is 1.09. The molecule has 240 valence electrons. The molecule has 0 unspecified atom stereocenters. The number of phenols is 1. The van der Waals surface area contributed by atoms with E-state index in [1.165, 1.54) is 19.3 Å². The van der Waals surface area contributed by atoms with E-state index in [-0.39, 0.29) is 41.1 Å². The van der Waals surface area contributed by atoms with Crippen molar-refractivity contribution in [2.24, 2.45) is 0 Å². The Morgan fingerprint density at radius 3 is 2.20 bits per heavy atom. The summed E-state index contributed by atoms with van der Waals surface area (Å²) < 4.78 is 5.97. The van der Waals surface area contributed by atoms with Crippen LogP contribution in [-0.2, 0) is 22.4 Å². The predicted molar refractivity (Wildman–Crippen MR) is 178 cm³/mol. The third-order valence-electron chi connectivity index (χ3n) is 10.2. The molecule has 3 saturated heterocycles. The van der Waals surface area contributed by atoms with Gasteiger partial charge < -0.3 is 34.8 Å². The number of amides is 4. The molecule has 1 atom stereocenters. The highest BCUT2D eigenvalue weighted by molar-refractivity contribution is 6.41. The molecule has 0 bridgehead atoms. The number of fused-ring (bicyclic) bond motifs is 1. The van der Waals surface area contributed by atoms with Gasteiger partial charge in [0.25, 0.3) is 5.91 Å². The molecule has 2 aromatic rings. The van der Waals surface area contributed by atoms with E-state index in [0.29, 0.717) is 57.2 Å². The van der Waals surface area contributed by atoms with E-state index >= 15 is 0 Å². The summed E-state index contributed by atoms with van der Waals surface area (Å²) in [5, 5.41) is 13.1. The van der Waals surface area contributed by atoms with Crippen LogP contribution in [0.5, 0.6) is 5.75 Å². The van der Waals surface area contributed by atoms with Crippen LogP contribution in [0.2, 0.25) is 0 Å². The van der Waals surface area contributed by atoms with Gasteiger partial charge in [-0.25, -0.2) is 9.59 Å². The van der Waals surface area contributed by atoms with Crippen LogP contribution in [0.4, 0.5) is 15.3 Å². The fourth-order valence-electron chi connectivity index (χ4n) is 7.49. The van der Waals surface area contributed by atoms with Crippen LogP contribution in [-0.4, -0.2) is 122 Å². The molecular weight excluding hydrogens is 580 g/mol. The quantitative estimate of drug-likeness (QED) is 0.478. The number of aromatic hydroxyl groups is 1. The number of phenolic OH excluding ortho intramolecular Hbond substituents is 1. The maximum Gasteiger partial charge on any atom is 0.410 e. The number of likely N-dealkylation sites (tertiary alicyclic amines) is 3. The number of rotatable bonds is 6. The first-order valence-corrected chi connectivity index (χ1v) is 16.8. The van der Waals surface area contributed by atoms with Crippen molar-refractivity contribution in [3.05, 3.63) is 47.5 Å². The third-order valence-corrected chi connectivity index (χ3v) is 10.2. The Labute approximate surface area is 274 Å². The standard InChI is InChI=1S/C34H43B2N5O5/c35-27-20-23(21-28(36)31(27)42)22-30(32(43)39-15-9-25(10-16-39)38-13-4-1-5-14-38)46-34(45)40-17-11-26(12-18-40)41-19-8-24-6-2-3-7-29(24)37-33(41)44/h2-3,6-7,20-21,25-26,30,42H,1,4-5,8-19,22H2,(H,37,44)/t30-/m1/s1. The van der Waals surface area contributed by atoms with Gasteiger partial charge in [-0.3, -0.25) is 4.79 Å². The van der Waals surface area contributed by atoms with Gasteiger partial charge in [-0.05, 0) is 75.2 Å². The number of carbonyl (C=O) groups is 3. The number of anilines is 1. The number of ether oxygens (including phenoxy) is 1. The predicted octanol–water partition coefficient (Wildman–Crippen LogP) is 2.06. The molecule has 4 aliphatic rings. The topological polar surface area (TPSA) is 106 Å². The minimum absolute atomic E-state index is 0.0000578. The second-order valence-electron chi connectivity index (χ2n) is 13.1. The van der Waals surface area contributed by atoms with E-state index < -0.39 is 12.2 Å². The largest absolute Gasteiger partial charge is 0.509 e. The van der Waals surface area contributed by atoms with E-state index in [0.717, 1.165) is 43.6 Å². The molecule has 10 nitrogen and oxygen atoms in total. The zero-order chi connectivity index (χ0) is 32.2. The zero-order valence-corrected chi connectivity index (χ0v) is 26.5. The fourth-order valence-corrected chi connectivity index (χ4v) is 7.49. The van der Waals surface area contributed by atoms with Gasteiger partial charge in [0.1, 0.15) is 21.4 Å². The van der Waals surface area contributed by atoms with E-state index in [1.807, 2.05) is 34.1 Å². The normalized spacial score (nSPS) is 20.9. The summed E-state index contributed by atoms with van der Waals surface area (Å²) in [5.41, 5.74) is 2.78. The second kappa shape index (κ2) is 14.4. The highest BCUT2D eigenvalue weighted by atomic mass is 16.6. The Morgan fingerprint density at radius 2 is 1.50 bits per heavy atom. The molecule has 4 heterocycles. The van der Waals surface area contributed by atoms with Crippen LogP contribution in [0.25, 0.3) is 0 Å². The molecule has 12 heteroatoms. The van der Waals surface area contributed by atoms with Gasteiger partial charge in [0.05, 0.1) is 0 Å². The lowest BCUT2D eigenvalue weighted by atomic mass is 9.83. The van der Waals surface area contributed by atoms with Crippen molar-refractivity contribution < 1.29 is 24.2 Å². The highest BCUT2D eigenvalue weighted by Gasteiger charge is 2.36. The summed E-state index contributed by atoms with van der Waals surface area (Å²) in [7, 11) is 11.9. The monoisotopic (exact) mass is 623 g/mol. The van der Waals surface area contributed by atoms with Crippen LogP contribution in [0.15, 0.2) is 36.4 Å². The van der Waals surface area contributed by atoms with Crippen molar-refractivity contribution in [3.8, 4) is 5.75 Å². The first-order chi connectivity index (χ1) is 22.3. The van der Waals surface area contributed by atoms with E-state index in [1.54, 1.807) is 17.0 Å². The first-order valence-electron chi connectivity index (χ1n) is 16.8. The lowest BCUT2D eigenvalue weighted by Crippen LogP contribution is -2.53. The molecule has 0 aromatic heterocycles. The van der Waals surface area contributed by atoms with Gasteiger partial charge in [-0.15, -0.1) is 0 Å². The second-order valence-corrected chi connectivity index (χ2v) is 13.1. The molecule has 6 rings (SSSR count). The Bertz CT molecular complexity index is 1400. The van der Waals surface area contributed by atoms with Gasteiger partial charge in [-0.2, -0.15) is 0 Å². The molecular formula is C34H43B2N5O5. The Kier molecular flexibility index (Phi) is 10.1. The highest BCUT2D eigenvalue weighted by Crippen LogP contribution is 2.26. The Morgan fingerprint density at radius 1 is 0.870 bits per heavy atom. The van der Waals surface area contributed by atoms with Crippen molar-refractivity contribution in [1.29, 1.82) is 0 Å². The van der Waals surface area contributed by atoms with Gasteiger partial charge >= 0.3 is 12.1 Å². The minimum Gasteiger partial charge on any atom is -0.509 e. The van der Waals surface area contributed by atoms with Crippen LogP contribution >= 0.6 is 0 Å². The average molecular weight is 623 g/mol. The van der Waals surface area contributed by atoms with Crippen molar-refractivity contribution >= 4 is 50.3 Å². The maximum absolute atomic E-state index is 13.9. The number of nitrogens with zero attached hydrogens (tertiary/aromatic N) is 4. The molecule has 0 saturated carbocycles. The van der Waals surface area contributed by atoms with Crippen LogP contribution in [0.1, 0.15) is 56.1 Å². The first kappa shape index (κ1) is 32.3. The lowest BCUT2D eigenvalue weighted by molar-refractivity contribution is -0.142. The number of benzene rings is 2. The maximum atomic E-state index is 13.9. The van der Waals surface area contributed by atoms with Crippen LogP contribution in [0.3, 0.4) is 0 Å². The number of hydrogen-bond donors (Lipinski definition) is 2. The summed E-state index contributed by atoms with van der Waals surface area (Å²) >= 11 is 0. The van der Waals surface area contributed by atoms with Gasteiger partial charge in [-0.1, -0.05) is 47.7 Å². The molecule has 4 aliphatic heterocycles. The van der Waals surface area contributed by atoms with E-state index in [4.69, 9.17) is 20.4 Å². The smallest absolute Gasteiger partial charge is 0.410 e. The summed E-state index contributed by atoms with van der Waals surface area (Å²) in [6.07, 6.45) is 6.02. The number of urea groups is 1. The molecule has 0 aliphatic carbocycles. The van der Waals surface area contributed by atoms with E-state index in [2.05, 4.69) is 10.2 Å². The van der Waals surface area contributed by atoms with Crippen molar-refractivity contribution in [2.75, 3.05) is 51.1 Å². The minimum atomic E-state index is -1.06. The van der Waals surface area contributed by atoms with Crippen LogP contribution < -0.4 is 16.2 Å². The zero-order valence-electron chi connectivity index (χ0n) is 26.5. The molecule has 2 N–H and O–H groups in total. The van der Waals surface area contributed by atoms with Gasteiger partial charge in [0.15, 0.2) is 6.10 Å². The SMILES string of the molecule is [B]c1cc(C[C@@H](OC(=O)N2CCC(N3CCc4ccccc4NC3=O)CC2)C(=O)N2CCC(N3CCCCC3)CC2)cc([B])c1O. The van der Waals surface area contributed by atoms with E-state index in [9.17, 15) is 19.5 Å². The molecule has 3 fully saturated rings. The number of hydrogen-bond acceptors (Lipinski definition) is 6. The molecule has 4 amide bonds. The average Bonchev–Trinajstić information content (AvgIpc) is 3.25. The molecule has 46 heavy (non-hydrogen) atoms. The van der Waals surface area contributed by atoms with Crippen LogP contribution in [0, 0.1) is 0 Å². The lowest BCUT2D eigenvalue weighted by Gasteiger charge is -2.41. The molecule has 2 aromatic carbocycles. The summed E-state index contributed by atoms with van der Waals surface area (Å²) in [5.74, 6) is -0.431. The summed E-state index contributed by atoms with van der Waals surface area (Å²) in [4.78, 5) is 48.4. The fraction of sp³-hybridized carbons (Fsp3) is 0.559. The number of carbonyl (C=O) groups excluding carboxylic acids is 3. The number of nitrogens with one attached hydrogen (secondary N) is 1. The van der Waals surface area contributed by atoms with Gasteiger partial charge in [0, 0.05) is 56.9 Å². The van der Waals surface area contributed by atoms with Crippen molar-refractivity contribution in [1.82, 2.24) is 19.6 Å². The number of para-hydroxylation sites is 1. The molecule has 0 spiro atoms. The van der Waals surface area contributed by atoms with Crippen molar-refractivity contribution in [3.63, 3.8) is 0 Å². The van der Waals surface area contributed by atoms with Gasteiger partial charge in [0.2, 0.25) is 0 Å². The summed E-state index contributed by atoms with van der Waals surface area (Å²) in [6.45, 7) is 4.91. The van der Waals surface area contributed by atoms with Crippen molar-refractivity contribution in [2.45, 2.75) is 76.0 Å². The Hall–Kier alpha value is -3.66. The number of piperidine rings is 3.